The number of nitrogens with zero attached hydrogens (tertiary/aromatic N) is 3. The zero-order chi connectivity index (χ0) is 14.7. The van der Waals surface area contributed by atoms with Crippen molar-refractivity contribution < 1.29 is 4.52 Å². The maximum Gasteiger partial charge on any atom is 0.227 e. The van der Waals surface area contributed by atoms with E-state index in [2.05, 4.69) is 27.4 Å². The molecule has 1 unspecified atom stereocenters. The molecule has 2 aromatic heterocycles. The first-order valence-corrected chi connectivity index (χ1v) is 7.12. The Bertz CT molecular complexity index is 738. The Hall–Kier alpha value is -2.27. The number of hydrogen-bond donors (Lipinski definition) is 1. The van der Waals surface area contributed by atoms with Crippen LogP contribution in [0, 0.1) is 0 Å². The highest BCUT2D eigenvalue weighted by molar-refractivity contribution is 5.80. The van der Waals surface area contributed by atoms with Gasteiger partial charge in [-0.3, -0.25) is 0 Å². The van der Waals surface area contributed by atoms with Gasteiger partial charge in [0, 0.05) is 17.8 Å². The fourth-order valence-electron chi connectivity index (χ4n) is 2.14. The minimum atomic E-state index is 0.430. The summed E-state index contributed by atoms with van der Waals surface area (Å²) in [6, 6.07) is 12.4. The normalized spacial score (nSPS) is 12.7. The van der Waals surface area contributed by atoms with E-state index in [0.29, 0.717) is 17.8 Å². The third kappa shape index (κ3) is 3.08. The molecule has 0 saturated carbocycles. The monoisotopic (exact) mass is 282 g/mol. The number of aromatic nitrogens is 3. The lowest BCUT2D eigenvalue weighted by atomic mass is 10.2. The Morgan fingerprint density at radius 3 is 2.86 bits per heavy atom. The molecular formula is C16H18N4O. The van der Waals surface area contributed by atoms with E-state index in [-0.39, 0.29) is 0 Å². The molecule has 3 aromatic rings. The van der Waals surface area contributed by atoms with Gasteiger partial charge in [0.05, 0.1) is 5.52 Å². The molecule has 5 nitrogen and oxygen atoms in total. The van der Waals surface area contributed by atoms with Crippen molar-refractivity contribution in [3.63, 3.8) is 0 Å². The van der Waals surface area contributed by atoms with Gasteiger partial charge in [-0.25, -0.2) is 4.98 Å². The van der Waals surface area contributed by atoms with Crippen molar-refractivity contribution in [1.29, 1.82) is 0 Å². The van der Waals surface area contributed by atoms with Crippen molar-refractivity contribution in [2.75, 3.05) is 7.05 Å². The maximum absolute atomic E-state index is 5.30. The predicted molar refractivity (Wildman–Crippen MR) is 81.9 cm³/mol. The van der Waals surface area contributed by atoms with Crippen LogP contribution in [0.3, 0.4) is 0 Å². The predicted octanol–water partition coefficient (Wildman–Crippen LogP) is 2.83. The fourth-order valence-corrected chi connectivity index (χ4v) is 2.14. The molecule has 0 radical (unpaired) electrons. The Morgan fingerprint density at radius 1 is 1.14 bits per heavy atom. The van der Waals surface area contributed by atoms with E-state index in [0.717, 1.165) is 29.4 Å². The van der Waals surface area contributed by atoms with Gasteiger partial charge in [-0.2, -0.15) is 4.98 Å². The molecule has 0 aliphatic rings. The van der Waals surface area contributed by atoms with Crippen LogP contribution in [0.25, 0.3) is 22.4 Å². The Morgan fingerprint density at radius 2 is 2.00 bits per heavy atom. The molecule has 1 N–H and O–H groups in total. The van der Waals surface area contributed by atoms with Crippen molar-refractivity contribution in [3.8, 4) is 11.5 Å². The average molecular weight is 282 g/mol. The molecule has 0 aliphatic carbocycles. The number of aryl methyl sites for hydroxylation is 1. The van der Waals surface area contributed by atoms with Gasteiger partial charge in [-0.05, 0) is 32.5 Å². The minimum Gasteiger partial charge on any atom is -0.339 e. The van der Waals surface area contributed by atoms with Crippen molar-refractivity contribution in [2.24, 2.45) is 0 Å². The van der Waals surface area contributed by atoms with Gasteiger partial charge < -0.3 is 9.84 Å². The summed E-state index contributed by atoms with van der Waals surface area (Å²) in [5, 5.41) is 8.32. The van der Waals surface area contributed by atoms with Gasteiger partial charge in [-0.1, -0.05) is 29.4 Å². The number of hydrogen-bond acceptors (Lipinski definition) is 5. The second kappa shape index (κ2) is 6.01. The quantitative estimate of drug-likeness (QED) is 0.779. The lowest BCUT2D eigenvalue weighted by Crippen LogP contribution is -2.21. The highest BCUT2D eigenvalue weighted by atomic mass is 16.5. The van der Waals surface area contributed by atoms with Gasteiger partial charge in [0.15, 0.2) is 0 Å². The molecule has 21 heavy (non-hydrogen) atoms. The van der Waals surface area contributed by atoms with E-state index in [9.17, 15) is 0 Å². The number of para-hydroxylation sites is 1. The Labute approximate surface area is 123 Å². The first-order valence-electron chi connectivity index (χ1n) is 7.12. The number of benzene rings is 1. The number of fused-ring (bicyclic) bond motifs is 1. The maximum atomic E-state index is 5.30. The van der Waals surface area contributed by atoms with Crippen molar-refractivity contribution in [2.45, 2.75) is 25.8 Å². The summed E-state index contributed by atoms with van der Waals surface area (Å²) in [6.45, 7) is 2.13. The van der Waals surface area contributed by atoms with Crippen LogP contribution in [0.15, 0.2) is 40.9 Å². The zero-order valence-electron chi connectivity index (χ0n) is 12.2. The highest BCUT2D eigenvalue weighted by Crippen LogP contribution is 2.18. The summed E-state index contributed by atoms with van der Waals surface area (Å²) < 4.78 is 5.30. The molecule has 0 aliphatic heterocycles. The number of rotatable bonds is 5. The largest absolute Gasteiger partial charge is 0.339 e. The number of nitrogens with one attached hydrogen (secondary N) is 1. The van der Waals surface area contributed by atoms with Crippen LogP contribution < -0.4 is 5.32 Å². The van der Waals surface area contributed by atoms with E-state index in [1.807, 2.05) is 43.4 Å². The molecule has 0 saturated heterocycles. The molecule has 5 heteroatoms. The second-order valence-electron chi connectivity index (χ2n) is 5.13. The second-order valence-corrected chi connectivity index (χ2v) is 5.13. The third-order valence-corrected chi connectivity index (χ3v) is 3.58. The molecule has 2 heterocycles. The van der Waals surface area contributed by atoms with Crippen LogP contribution in [-0.2, 0) is 6.42 Å². The average Bonchev–Trinajstić information content (AvgIpc) is 3.01. The number of pyridine rings is 1. The van der Waals surface area contributed by atoms with E-state index in [1.165, 1.54) is 0 Å². The Balaban J connectivity index is 1.81. The smallest absolute Gasteiger partial charge is 0.227 e. The van der Waals surface area contributed by atoms with Crippen LogP contribution in [0.2, 0.25) is 0 Å². The summed E-state index contributed by atoms with van der Waals surface area (Å²) in [4.78, 5) is 9.00. The molecule has 1 atom stereocenters. The van der Waals surface area contributed by atoms with Crippen LogP contribution in [0.5, 0.6) is 0 Å². The topological polar surface area (TPSA) is 63.8 Å². The van der Waals surface area contributed by atoms with E-state index in [4.69, 9.17) is 4.52 Å². The first-order chi connectivity index (χ1) is 10.3. The minimum absolute atomic E-state index is 0.430. The molecule has 3 rings (SSSR count). The van der Waals surface area contributed by atoms with Crippen LogP contribution in [-0.4, -0.2) is 28.2 Å². The lowest BCUT2D eigenvalue weighted by Gasteiger charge is -2.06. The van der Waals surface area contributed by atoms with Gasteiger partial charge in [0.2, 0.25) is 11.7 Å². The lowest BCUT2D eigenvalue weighted by molar-refractivity contribution is 0.369. The highest BCUT2D eigenvalue weighted by Gasteiger charge is 2.11. The molecule has 0 fully saturated rings. The van der Waals surface area contributed by atoms with E-state index >= 15 is 0 Å². The van der Waals surface area contributed by atoms with Gasteiger partial charge >= 0.3 is 0 Å². The molecule has 0 amide bonds. The van der Waals surface area contributed by atoms with Crippen LogP contribution >= 0.6 is 0 Å². The zero-order valence-corrected chi connectivity index (χ0v) is 12.2. The summed E-state index contributed by atoms with van der Waals surface area (Å²) >= 11 is 0. The summed E-state index contributed by atoms with van der Waals surface area (Å²) in [5.41, 5.74) is 1.68. The van der Waals surface area contributed by atoms with Gasteiger partial charge in [0.1, 0.15) is 5.69 Å². The van der Waals surface area contributed by atoms with Crippen molar-refractivity contribution in [3.05, 3.63) is 42.3 Å². The van der Waals surface area contributed by atoms with Crippen molar-refractivity contribution >= 4 is 10.9 Å². The van der Waals surface area contributed by atoms with E-state index < -0.39 is 0 Å². The van der Waals surface area contributed by atoms with Gasteiger partial charge in [0.25, 0.3) is 0 Å². The van der Waals surface area contributed by atoms with Crippen molar-refractivity contribution in [1.82, 2.24) is 20.4 Å². The van der Waals surface area contributed by atoms with E-state index in [1.54, 1.807) is 0 Å². The fraction of sp³-hybridized carbons (Fsp3) is 0.312. The molecule has 1 aromatic carbocycles. The van der Waals surface area contributed by atoms with Crippen LogP contribution in [0.4, 0.5) is 0 Å². The summed E-state index contributed by atoms with van der Waals surface area (Å²) in [5.74, 6) is 1.20. The standard InChI is InChI=1S/C16H18N4O/c1-11(17-2)7-10-15-19-16(20-21-15)14-9-8-12-5-3-4-6-13(12)18-14/h3-6,8-9,11,17H,7,10H2,1-2H3. The summed E-state index contributed by atoms with van der Waals surface area (Å²) in [7, 11) is 1.95. The third-order valence-electron chi connectivity index (χ3n) is 3.58. The molecular weight excluding hydrogens is 264 g/mol. The van der Waals surface area contributed by atoms with Crippen LogP contribution in [0.1, 0.15) is 19.2 Å². The van der Waals surface area contributed by atoms with Gasteiger partial charge in [-0.15, -0.1) is 0 Å². The molecule has 0 bridgehead atoms. The molecule has 108 valence electrons. The SMILES string of the molecule is CNC(C)CCc1nc(-c2ccc3ccccc3n2)no1. The first kappa shape index (κ1) is 13.7. The molecule has 0 spiro atoms. The Kier molecular flexibility index (Phi) is 3.92. The summed E-state index contributed by atoms with van der Waals surface area (Å²) in [6.07, 6.45) is 1.73.